The van der Waals surface area contributed by atoms with E-state index in [1.807, 2.05) is 13.8 Å². The van der Waals surface area contributed by atoms with Crippen LogP contribution in [0.4, 0.5) is 8.78 Å². The van der Waals surface area contributed by atoms with E-state index >= 15 is 0 Å². The Bertz CT molecular complexity index is 2620. The summed E-state index contributed by atoms with van der Waals surface area (Å²) in [5.41, 5.74) is 3.85. The van der Waals surface area contributed by atoms with Crippen LogP contribution in [-0.2, 0) is 22.6 Å². The number of thiophene rings is 1. The first kappa shape index (κ1) is 45.9. The molecular weight excluding hydrogens is 874 g/mol. The van der Waals surface area contributed by atoms with E-state index < -0.39 is 30.2 Å². The van der Waals surface area contributed by atoms with Crippen LogP contribution in [0.25, 0.3) is 26.2 Å². The van der Waals surface area contributed by atoms with Gasteiger partial charge in [-0.15, -0.1) is 17.8 Å². The molecule has 2 aliphatic heterocycles. The summed E-state index contributed by atoms with van der Waals surface area (Å²) < 4.78 is 54.2. The van der Waals surface area contributed by atoms with Crippen molar-refractivity contribution in [2.45, 2.75) is 83.3 Å². The summed E-state index contributed by atoms with van der Waals surface area (Å²) in [6, 6.07) is 13.1. The highest BCUT2D eigenvalue weighted by Gasteiger charge is 2.31. The van der Waals surface area contributed by atoms with Gasteiger partial charge in [0, 0.05) is 67.3 Å². The van der Waals surface area contributed by atoms with Gasteiger partial charge in [-0.2, -0.15) is 0 Å². The average molecular weight is 925 g/mol. The number of carbonyl (C=O) groups is 1. The van der Waals surface area contributed by atoms with E-state index in [0.29, 0.717) is 94.1 Å². The van der Waals surface area contributed by atoms with E-state index in [1.54, 1.807) is 42.6 Å². The fourth-order valence-corrected chi connectivity index (χ4v) is 9.96. The highest BCUT2D eigenvalue weighted by Crippen LogP contribution is 2.47. The van der Waals surface area contributed by atoms with Gasteiger partial charge >= 0.3 is 5.97 Å². The Morgan fingerprint density at radius 2 is 1.82 bits per heavy atom. The number of terminal acetylenes is 1. The first-order chi connectivity index (χ1) is 31.5. The Morgan fingerprint density at radius 3 is 2.54 bits per heavy atom. The summed E-state index contributed by atoms with van der Waals surface area (Å²) in [4.78, 5) is 37.5. The van der Waals surface area contributed by atoms with Crippen LogP contribution in [-0.4, -0.2) is 106 Å². The first-order valence-corrected chi connectivity index (χ1v) is 23.1. The molecule has 5 heterocycles. The van der Waals surface area contributed by atoms with Crippen molar-refractivity contribution in [1.82, 2.24) is 29.7 Å². The predicted octanol–water partition coefficient (Wildman–Crippen LogP) is 9.23. The molecule has 340 valence electrons. The van der Waals surface area contributed by atoms with Gasteiger partial charge in [0.1, 0.15) is 59.8 Å². The molecule has 1 aliphatic carbocycles. The van der Waals surface area contributed by atoms with E-state index in [1.165, 1.54) is 29.8 Å². The molecule has 0 unspecified atom stereocenters. The third kappa shape index (κ3) is 10.7. The van der Waals surface area contributed by atoms with Crippen molar-refractivity contribution in [3.05, 3.63) is 106 Å². The predicted molar refractivity (Wildman–Crippen MR) is 246 cm³/mol. The van der Waals surface area contributed by atoms with Gasteiger partial charge in [-0.25, -0.2) is 33.5 Å². The Kier molecular flexibility index (Phi) is 14.6. The molecule has 2 aromatic carbocycles. The molecule has 1 N–H and O–H groups in total. The summed E-state index contributed by atoms with van der Waals surface area (Å²) in [5, 5.41) is 11.5. The second-order valence-electron chi connectivity index (χ2n) is 16.6. The van der Waals surface area contributed by atoms with Crippen molar-refractivity contribution in [3.8, 4) is 40.2 Å². The van der Waals surface area contributed by atoms with Crippen LogP contribution in [0.2, 0.25) is 0 Å². The van der Waals surface area contributed by atoms with E-state index in [2.05, 4.69) is 37.7 Å². The number of likely N-dealkylation sites (N-methyl/N-ethyl adjacent to an activating group) is 1. The maximum atomic E-state index is 14.3. The number of hydrogen-bond donors (Lipinski definition) is 1. The lowest BCUT2D eigenvalue weighted by molar-refractivity contribution is -0.145. The largest absolute Gasteiger partial charge is 0.490 e. The minimum absolute atomic E-state index is 0.0380. The van der Waals surface area contributed by atoms with E-state index in [-0.39, 0.29) is 42.2 Å². The summed E-state index contributed by atoms with van der Waals surface area (Å²) in [7, 11) is 2.09. The molecule has 0 radical (unpaired) electrons. The Morgan fingerprint density at radius 1 is 1.05 bits per heavy atom. The minimum atomic E-state index is -1.46. The van der Waals surface area contributed by atoms with Crippen LogP contribution in [0.1, 0.15) is 74.5 Å². The van der Waals surface area contributed by atoms with Crippen molar-refractivity contribution >= 4 is 44.7 Å². The van der Waals surface area contributed by atoms with Crippen molar-refractivity contribution in [2.24, 2.45) is 0 Å². The zero-order valence-electron chi connectivity index (χ0n) is 36.6. The molecule has 3 aromatic heterocycles. The molecule has 16 heteroatoms. The Hall–Kier alpha value is -5.66. The van der Waals surface area contributed by atoms with E-state index in [4.69, 9.17) is 42.0 Å². The number of rotatable bonds is 9. The quantitative estimate of drug-likeness (QED) is 0.141. The minimum Gasteiger partial charge on any atom is -0.490 e. The smallest absolute Gasteiger partial charge is 0.345 e. The van der Waals surface area contributed by atoms with Crippen LogP contribution < -0.4 is 14.2 Å². The normalized spacial score (nSPS) is 23.7. The van der Waals surface area contributed by atoms with Crippen molar-refractivity contribution < 1.29 is 37.6 Å². The lowest BCUT2D eigenvalue weighted by Gasteiger charge is -2.34. The topological polar surface area (TPSA) is 132 Å². The number of benzene rings is 2. The molecule has 0 amide bonds. The number of carboxylic acids is 1. The van der Waals surface area contributed by atoms with E-state index in [9.17, 15) is 18.7 Å². The summed E-state index contributed by atoms with van der Waals surface area (Å²) in [5.74, 6) is 2.80. The SMILES string of the molecule is C#C/C1=C(Cl)\C(C)=C(/CC)c2c(-c3ccc(F)cc3)sc3ncnc(c23)O[C@@H](C(=O)O)Cc2cc(ccc2OCc2ccnc(C3CCC(F)CC3)n2)OC[C@@H](CN2CCN(C)CC2)O1. The number of hydrogen-bond acceptors (Lipinski definition) is 12. The fourth-order valence-electron chi connectivity index (χ4n) is 8.58. The first-order valence-electron chi connectivity index (χ1n) is 21.9. The summed E-state index contributed by atoms with van der Waals surface area (Å²) in [6.07, 6.45) is 9.01. The number of alkyl halides is 1. The second kappa shape index (κ2) is 20.7. The third-order valence-electron chi connectivity index (χ3n) is 12.2. The van der Waals surface area contributed by atoms with Gasteiger partial charge in [0.2, 0.25) is 12.0 Å². The van der Waals surface area contributed by atoms with Gasteiger partial charge in [0.15, 0.2) is 5.76 Å². The number of allylic oxidation sites excluding steroid dienone is 4. The van der Waals surface area contributed by atoms with Crippen molar-refractivity contribution in [2.75, 3.05) is 46.4 Å². The van der Waals surface area contributed by atoms with Crippen LogP contribution in [0.3, 0.4) is 0 Å². The summed E-state index contributed by atoms with van der Waals surface area (Å²) in [6.45, 7) is 7.88. The lowest BCUT2D eigenvalue weighted by Crippen LogP contribution is -2.48. The molecule has 2 bridgehead atoms. The molecule has 1 saturated heterocycles. The molecule has 12 nitrogen and oxygen atoms in total. The molecule has 3 aliphatic rings. The number of ether oxygens (including phenoxy) is 4. The number of aromatic nitrogens is 4. The number of fused-ring (bicyclic) bond motifs is 2. The highest BCUT2D eigenvalue weighted by atomic mass is 35.5. The van der Waals surface area contributed by atoms with Gasteiger partial charge in [-0.1, -0.05) is 30.7 Å². The monoisotopic (exact) mass is 924 g/mol. The molecule has 8 rings (SSSR count). The molecule has 5 aromatic rings. The zero-order chi connectivity index (χ0) is 45.6. The number of aliphatic carboxylic acids is 1. The molecule has 1 saturated carbocycles. The highest BCUT2D eigenvalue weighted by molar-refractivity contribution is 7.22. The summed E-state index contributed by atoms with van der Waals surface area (Å²) >= 11 is 8.61. The number of halogens is 3. The van der Waals surface area contributed by atoms with Gasteiger partial charge in [-0.05, 0) is 105 Å². The molecule has 65 heavy (non-hydrogen) atoms. The van der Waals surface area contributed by atoms with Gasteiger partial charge in [0.25, 0.3) is 0 Å². The molecular formula is C49H51ClF2N6O6S. The Balaban J connectivity index is 1.23. The number of carboxylic acid groups (broad SMARTS) is 1. The van der Waals surface area contributed by atoms with Gasteiger partial charge < -0.3 is 29.0 Å². The van der Waals surface area contributed by atoms with Crippen molar-refractivity contribution in [3.63, 3.8) is 0 Å². The maximum Gasteiger partial charge on any atom is 0.345 e. The molecule has 0 spiro atoms. The van der Waals surface area contributed by atoms with Crippen LogP contribution in [0.15, 0.2) is 77.4 Å². The van der Waals surface area contributed by atoms with Crippen LogP contribution >= 0.6 is 22.9 Å². The maximum absolute atomic E-state index is 14.3. The Labute approximate surface area is 386 Å². The van der Waals surface area contributed by atoms with E-state index in [0.717, 1.165) is 36.6 Å². The second-order valence-corrected chi connectivity index (χ2v) is 18.0. The average Bonchev–Trinajstić information content (AvgIpc) is 3.70. The number of nitrogens with zero attached hydrogens (tertiary/aromatic N) is 6. The molecule has 2 fully saturated rings. The lowest BCUT2D eigenvalue weighted by atomic mass is 9.87. The molecule has 2 atom stereocenters. The third-order valence-corrected chi connectivity index (χ3v) is 13.8. The van der Waals surface area contributed by atoms with Gasteiger partial charge in [0.05, 0.1) is 16.1 Å². The standard InChI is InChI=1S/C49H51ClF2N6O6S/c1-5-38-29(3)44(50)39(6-2)63-37(25-58-21-19-57(4)20-22-58)27-61-36-15-16-40(62-26-35-17-18-53-46(56-35)31-9-13-34(52)14-10-31)32(23-36)24-41(49(59)60)64-47-43-42(38)45(65-48(43)55-28-54-47)30-7-11-33(51)12-8-30/h2,7-8,11-12,15-18,23,28,31,34,37,41H,5,9-10,13-14,19-22,24-27H2,1,3-4H3,(H,59,60)/b38-29+,44-39-/t31?,34?,37-,41-/m1/s1. The number of piperazine rings is 1. The zero-order valence-corrected chi connectivity index (χ0v) is 38.1. The fraction of sp³-hybridized carbons (Fsp3) is 0.408. The van der Waals surface area contributed by atoms with Crippen LogP contribution in [0.5, 0.6) is 17.4 Å². The van der Waals surface area contributed by atoms with Crippen LogP contribution in [0, 0.1) is 18.2 Å². The van der Waals surface area contributed by atoms with Gasteiger partial charge in [-0.3, -0.25) is 4.90 Å². The van der Waals surface area contributed by atoms with Crippen molar-refractivity contribution in [1.29, 1.82) is 0 Å².